The first-order chi connectivity index (χ1) is 7.15. The quantitative estimate of drug-likeness (QED) is 0.923. The van der Waals surface area contributed by atoms with E-state index in [1.54, 1.807) is 6.07 Å². The van der Waals surface area contributed by atoms with Crippen molar-refractivity contribution in [2.45, 2.75) is 6.92 Å². The molecular weight excluding hydrogens is 280 g/mol. The second kappa shape index (κ2) is 4.16. The van der Waals surface area contributed by atoms with Crippen LogP contribution in [0.3, 0.4) is 0 Å². The monoisotopic (exact) mass is 286 g/mol. The molecule has 1 amide bonds. The molecule has 0 bridgehead atoms. The van der Waals surface area contributed by atoms with E-state index in [1.807, 2.05) is 12.3 Å². The van der Waals surface area contributed by atoms with E-state index in [1.165, 1.54) is 17.6 Å². The van der Waals surface area contributed by atoms with Gasteiger partial charge in [0.05, 0.1) is 11.3 Å². The second-order valence-electron chi connectivity index (χ2n) is 2.89. The zero-order valence-corrected chi connectivity index (χ0v) is 10.2. The molecular formula is C9H7BrN2O2S. The summed E-state index contributed by atoms with van der Waals surface area (Å²) < 4.78 is 5.50. The van der Waals surface area contributed by atoms with Crippen LogP contribution < -0.4 is 5.32 Å². The second-order valence-corrected chi connectivity index (χ2v) is 4.53. The molecule has 0 spiro atoms. The lowest BCUT2D eigenvalue weighted by molar-refractivity contribution is 0.102. The van der Waals surface area contributed by atoms with Crippen LogP contribution in [0.4, 0.5) is 5.13 Å². The highest BCUT2D eigenvalue weighted by molar-refractivity contribution is 9.10. The molecule has 2 aromatic heterocycles. The zero-order valence-electron chi connectivity index (χ0n) is 7.78. The molecule has 2 rings (SSSR count). The first kappa shape index (κ1) is 10.4. The summed E-state index contributed by atoms with van der Waals surface area (Å²) in [5.74, 6) is -0.223. The molecule has 0 saturated heterocycles. The molecule has 4 nitrogen and oxygen atoms in total. The first-order valence-electron chi connectivity index (χ1n) is 4.12. The van der Waals surface area contributed by atoms with E-state index in [9.17, 15) is 4.79 Å². The van der Waals surface area contributed by atoms with Gasteiger partial charge in [-0.05, 0) is 22.9 Å². The number of thiazole rings is 1. The highest BCUT2D eigenvalue weighted by Crippen LogP contribution is 2.18. The van der Waals surface area contributed by atoms with Gasteiger partial charge in [0.1, 0.15) is 6.26 Å². The fourth-order valence-electron chi connectivity index (χ4n) is 1.01. The number of carbonyl (C=O) groups is 1. The summed E-state index contributed by atoms with van der Waals surface area (Å²) in [7, 11) is 0. The Labute approximate surface area is 98.5 Å². The van der Waals surface area contributed by atoms with Crippen LogP contribution in [0.1, 0.15) is 16.1 Å². The van der Waals surface area contributed by atoms with E-state index in [4.69, 9.17) is 4.42 Å². The third kappa shape index (κ3) is 2.45. The van der Waals surface area contributed by atoms with Gasteiger partial charge >= 0.3 is 0 Å². The summed E-state index contributed by atoms with van der Waals surface area (Å²) in [5, 5.41) is 5.15. The third-order valence-corrected chi connectivity index (χ3v) is 2.96. The van der Waals surface area contributed by atoms with Crippen LogP contribution >= 0.6 is 27.3 Å². The maximum Gasteiger partial charge on any atom is 0.260 e. The van der Waals surface area contributed by atoms with Gasteiger partial charge in [0.15, 0.2) is 9.80 Å². The van der Waals surface area contributed by atoms with E-state index >= 15 is 0 Å². The lowest BCUT2D eigenvalue weighted by Gasteiger charge is -1.96. The normalized spacial score (nSPS) is 10.3. The molecule has 0 aliphatic heterocycles. The van der Waals surface area contributed by atoms with E-state index < -0.39 is 0 Å². The number of carbonyl (C=O) groups excluding carboxylic acids is 1. The minimum absolute atomic E-state index is 0.223. The van der Waals surface area contributed by atoms with Crippen LogP contribution in [0.25, 0.3) is 0 Å². The zero-order chi connectivity index (χ0) is 10.8. The smallest absolute Gasteiger partial charge is 0.260 e. The van der Waals surface area contributed by atoms with E-state index in [0.717, 1.165) is 5.69 Å². The number of anilines is 1. The predicted octanol–water partition coefficient (Wildman–Crippen LogP) is 3.06. The van der Waals surface area contributed by atoms with Gasteiger partial charge in [-0.1, -0.05) is 0 Å². The lowest BCUT2D eigenvalue weighted by atomic mass is 10.3. The Hall–Kier alpha value is -1.14. The average Bonchev–Trinajstić information content (AvgIpc) is 2.75. The highest BCUT2D eigenvalue weighted by Gasteiger charge is 2.10. The molecule has 6 heteroatoms. The van der Waals surface area contributed by atoms with Crippen LogP contribution in [0.5, 0.6) is 0 Å². The summed E-state index contributed by atoms with van der Waals surface area (Å²) in [5.41, 5.74) is 1.36. The van der Waals surface area contributed by atoms with Gasteiger partial charge < -0.3 is 4.42 Å². The van der Waals surface area contributed by atoms with Gasteiger partial charge in [-0.15, -0.1) is 11.3 Å². The van der Waals surface area contributed by atoms with Crippen molar-refractivity contribution in [1.29, 1.82) is 0 Å². The summed E-state index contributed by atoms with van der Waals surface area (Å²) in [6, 6.07) is 1.61. The minimum Gasteiger partial charge on any atom is -0.457 e. The number of aromatic nitrogens is 1. The number of halogens is 1. The number of furan rings is 1. The Balaban J connectivity index is 2.10. The summed E-state index contributed by atoms with van der Waals surface area (Å²) in [6.45, 7) is 1.88. The van der Waals surface area contributed by atoms with Gasteiger partial charge in [-0.25, -0.2) is 4.98 Å². The van der Waals surface area contributed by atoms with Crippen LogP contribution in [0, 0.1) is 6.92 Å². The molecule has 0 aromatic carbocycles. The van der Waals surface area contributed by atoms with E-state index in [-0.39, 0.29) is 5.91 Å². The molecule has 0 fully saturated rings. The van der Waals surface area contributed by atoms with Crippen LogP contribution in [-0.4, -0.2) is 10.9 Å². The third-order valence-electron chi connectivity index (χ3n) is 1.67. The molecule has 1 N–H and O–H groups in total. The SMILES string of the molecule is Cc1csc(NC(=O)c2coc(Br)c2)n1. The maximum absolute atomic E-state index is 11.6. The van der Waals surface area contributed by atoms with Gasteiger partial charge in [-0.2, -0.15) is 0 Å². The largest absolute Gasteiger partial charge is 0.457 e. The number of aryl methyl sites for hydroxylation is 1. The molecule has 78 valence electrons. The maximum atomic E-state index is 11.6. The molecule has 0 unspecified atom stereocenters. The number of nitrogens with one attached hydrogen (secondary N) is 1. The number of hydrogen-bond donors (Lipinski definition) is 1. The number of rotatable bonds is 2. The van der Waals surface area contributed by atoms with Crippen molar-refractivity contribution >= 4 is 38.3 Å². The molecule has 15 heavy (non-hydrogen) atoms. The van der Waals surface area contributed by atoms with Gasteiger partial charge in [0, 0.05) is 11.4 Å². The lowest BCUT2D eigenvalue weighted by Crippen LogP contribution is -2.10. The van der Waals surface area contributed by atoms with Crippen LogP contribution in [0.15, 0.2) is 26.8 Å². The van der Waals surface area contributed by atoms with Crippen molar-refractivity contribution in [2.75, 3.05) is 5.32 Å². The van der Waals surface area contributed by atoms with Crippen molar-refractivity contribution in [2.24, 2.45) is 0 Å². The molecule has 0 aliphatic carbocycles. The van der Waals surface area contributed by atoms with Crippen molar-refractivity contribution in [3.63, 3.8) is 0 Å². The molecule has 0 saturated carbocycles. The molecule has 0 aliphatic rings. The number of hydrogen-bond acceptors (Lipinski definition) is 4. The van der Waals surface area contributed by atoms with Crippen LogP contribution in [0.2, 0.25) is 0 Å². The molecule has 0 atom stereocenters. The van der Waals surface area contributed by atoms with E-state index in [2.05, 4.69) is 26.2 Å². The first-order valence-corrected chi connectivity index (χ1v) is 5.80. The molecule has 2 heterocycles. The number of amides is 1. The van der Waals surface area contributed by atoms with Crippen molar-refractivity contribution < 1.29 is 9.21 Å². The summed E-state index contributed by atoms with van der Waals surface area (Å²) >= 11 is 4.52. The number of nitrogens with zero attached hydrogens (tertiary/aromatic N) is 1. The molecule has 0 radical (unpaired) electrons. The Morgan fingerprint density at radius 2 is 2.47 bits per heavy atom. The van der Waals surface area contributed by atoms with E-state index in [0.29, 0.717) is 15.4 Å². The summed E-state index contributed by atoms with van der Waals surface area (Å²) in [4.78, 5) is 15.7. The topological polar surface area (TPSA) is 55.1 Å². The Morgan fingerprint density at radius 1 is 1.67 bits per heavy atom. The van der Waals surface area contributed by atoms with Gasteiger partial charge in [-0.3, -0.25) is 10.1 Å². The van der Waals surface area contributed by atoms with Crippen molar-refractivity contribution in [3.8, 4) is 0 Å². The van der Waals surface area contributed by atoms with Crippen LogP contribution in [-0.2, 0) is 0 Å². The standard InChI is InChI=1S/C9H7BrN2O2S/c1-5-4-15-9(11-5)12-8(13)6-2-7(10)14-3-6/h2-4H,1H3,(H,11,12,13). The van der Waals surface area contributed by atoms with Gasteiger partial charge in [0.25, 0.3) is 5.91 Å². The minimum atomic E-state index is -0.223. The molecule has 2 aromatic rings. The fourth-order valence-corrected chi connectivity index (χ4v) is 2.03. The van der Waals surface area contributed by atoms with Gasteiger partial charge in [0.2, 0.25) is 0 Å². The highest BCUT2D eigenvalue weighted by atomic mass is 79.9. The Bertz CT molecular complexity index is 492. The predicted molar refractivity (Wildman–Crippen MR) is 61.2 cm³/mol. The Morgan fingerprint density at radius 3 is 3.00 bits per heavy atom. The van der Waals surface area contributed by atoms with Crippen molar-refractivity contribution in [3.05, 3.63) is 33.6 Å². The average molecular weight is 287 g/mol. The fraction of sp³-hybridized carbons (Fsp3) is 0.111. The Kier molecular flexibility index (Phi) is 2.88. The summed E-state index contributed by atoms with van der Waals surface area (Å²) in [6.07, 6.45) is 1.39. The van der Waals surface area contributed by atoms with Crippen molar-refractivity contribution in [1.82, 2.24) is 4.98 Å².